The quantitative estimate of drug-likeness (QED) is 0.505. The van der Waals surface area contributed by atoms with Gasteiger partial charge in [-0.25, -0.2) is 0 Å². The smallest absolute Gasteiger partial charge is 0.272 e. The average molecular weight is 431 g/mol. The van der Waals surface area contributed by atoms with Crippen LogP contribution in [0.2, 0.25) is 0 Å². The molecule has 1 fully saturated rings. The average Bonchev–Trinajstić information content (AvgIpc) is 3.24. The Hall–Kier alpha value is -3.45. The maximum atomic E-state index is 12.9. The van der Waals surface area contributed by atoms with E-state index < -0.39 is 0 Å². The molecular weight excluding hydrogens is 404 g/mol. The van der Waals surface area contributed by atoms with Crippen molar-refractivity contribution in [2.45, 2.75) is 26.3 Å². The second kappa shape index (κ2) is 8.59. The Morgan fingerprint density at radius 3 is 3.03 bits per heavy atom. The first-order valence-electron chi connectivity index (χ1n) is 11.0. The van der Waals surface area contributed by atoms with Crippen molar-refractivity contribution < 1.29 is 9.21 Å². The molecule has 2 N–H and O–H groups in total. The van der Waals surface area contributed by atoms with Crippen LogP contribution >= 0.6 is 0 Å². The van der Waals surface area contributed by atoms with Gasteiger partial charge in [0.25, 0.3) is 5.91 Å². The Bertz CT molecular complexity index is 1340. The summed E-state index contributed by atoms with van der Waals surface area (Å²) in [5.41, 5.74) is 3.66. The van der Waals surface area contributed by atoms with Gasteiger partial charge in [-0.3, -0.25) is 19.6 Å². The van der Waals surface area contributed by atoms with Gasteiger partial charge >= 0.3 is 0 Å². The minimum atomic E-state index is -0.162. The van der Waals surface area contributed by atoms with E-state index >= 15 is 0 Å². The number of para-hydroxylation sites is 1. The van der Waals surface area contributed by atoms with E-state index in [2.05, 4.69) is 20.4 Å². The van der Waals surface area contributed by atoms with Crippen LogP contribution in [0.25, 0.3) is 21.9 Å². The number of carbonyl (C=O) groups excluding carboxylic acids is 1. The highest BCUT2D eigenvalue weighted by Gasteiger charge is 2.23. The molecule has 0 spiro atoms. The first kappa shape index (κ1) is 20.5. The van der Waals surface area contributed by atoms with Crippen molar-refractivity contribution in [2.24, 2.45) is 5.92 Å². The van der Waals surface area contributed by atoms with Crippen LogP contribution in [-0.2, 0) is 6.54 Å². The second-order valence-electron chi connectivity index (χ2n) is 8.66. The fourth-order valence-corrected chi connectivity index (χ4v) is 4.55. The lowest BCUT2D eigenvalue weighted by molar-refractivity contribution is 0.0927. The second-order valence-corrected chi connectivity index (χ2v) is 8.66. The topological polar surface area (TPSA) is 91.2 Å². The molecule has 1 atom stereocenters. The first-order valence-corrected chi connectivity index (χ1v) is 11.0. The minimum Gasteiger partial charge on any atom is -0.464 e. The number of benzene rings is 2. The van der Waals surface area contributed by atoms with Crippen molar-refractivity contribution in [3.63, 3.8) is 0 Å². The molecule has 1 amide bonds. The summed E-state index contributed by atoms with van der Waals surface area (Å²) >= 11 is 0. The van der Waals surface area contributed by atoms with Gasteiger partial charge in [0.15, 0.2) is 11.1 Å². The molecule has 1 aliphatic heterocycles. The maximum absolute atomic E-state index is 12.9. The molecule has 7 heteroatoms. The van der Waals surface area contributed by atoms with Crippen molar-refractivity contribution in [1.82, 2.24) is 20.4 Å². The van der Waals surface area contributed by atoms with Crippen molar-refractivity contribution in [3.05, 3.63) is 75.8 Å². The van der Waals surface area contributed by atoms with Gasteiger partial charge in [0.2, 0.25) is 0 Å². The van der Waals surface area contributed by atoms with Crippen molar-refractivity contribution in [2.75, 3.05) is 19.6 Å². The van der Waals surface area contributed by atoms with E-state index in [0.717, 1.165) is 42.4 Å². The molecule has 4 aromatic rings. The predicted octanol–water partition coefficient (Wildman–Crippen LogP) is 3.62. The lowest BCUT2D eigenvalue weighted by Gasteiger charge is -2.32. The van der Waals surface area contributed by atoms with E-state index in [1.165, 1.54) is 0 Å². The number of carbonyl (C=O) groups is 1. The number of nitrogens with zero attached hydrogens (tertiary/aromatic N) is 2. The fraction of sp³-hybridized carbons (Fsp3) is 0.320. The molecular formula is C25H26N4O3. The van der Waals surface area contributed by atoms with Crippen LogP contribution in [0.4, 0.5) is 0 Å². The van der Waals surface area contributed by atoms with Crippen LogP contribution in [0.3, 0.4) is 0 Å². The lowest BCUT2D eigenvalue weighted by Crippen LogP contribution is -2.41. The fourth-order valence-electron chi connectivity index (χ4n) is 4.55. The number of hydrogen-bond donors (Lipinski definition) is 2. The van der Waals surface area contributed by atoms with E-state index in [1.54, 1.807) is 6.26 Å². The highest BCUT2D eigenvalue weighted by molar-refractivity contribution is 6.04. The zero-order chi connectivity index (χ0) is 22.1. The zero-order valence-corrected chi connectivity index (χ0v) is 18.1. The van der Waals surface area contributed by atoms with Crippen LogP contribution in [-0.4, -0.2) is 40.6 Å². The largest absolute Gasteiger partial charge is 0.464 e. The number of likely N-dealkylation sites (tertiary alicyclic amines) is 1. The Balaban J connectivity index is 1.23. The third-order valence-corrected chi connectivity index (χ3v) is 6.23. The highest BCUT2D eigenvalue weighted by Crippen LogP contribution is 2.20. The summed E-state index contributed by atoms with van der Waals surface area (Å²) < 4.78 is 5.71. The Labute approximate surface area is 185 Å². The summed E-state index contributed by atoms with van der Waals surface area (Å²) in [4.78, 5) is 27.9. The Kier molecular flexibility index (Phi) is 5.49. The van der Waals surface area contributed by atoms with Gasteiger partial charge in [-0.2, -0.15) is 5.10 Å². The standard InChI is InChI=1S/C25H26N4O3/c1-16-8-9-22-20(11-16)24(30)18(15-32-22)14-29-10-4-5-17(13-29)12-26-25(31)23-19-6-2-3-7-21(19)27-28-23/h2-3,6-9,11,15,17H,4-5,10,12-14H2,1H3,(H,26,31)(H,27,28). The number of aryl methyl sites for hydroxylation is 1. The monoisotopic (exact) mass is 430 g/mol. The normalized spacial score (nSPS) is 17.1. The van der Waals surface area contributed by atoms with Gasteiger partial charge in [0.05, 0.1) is 17.2 Å². The van der Waals surface area contributed by atoms with E-state index in [9.17, 15) is 9.59 Å². The third kappa shape index (κ3) is 4.03. The predicted molar refractivity (Wildman–Crippen MR) is 124 cm³/mol. The van der Waals surface area contributed by atoms with Gasteiger partial charge in [0, 0.05) is 30.6 Å². The zero-order valence-electron chi connectivity index (χ0n) is 18.1. The number of nitrogens with one attached hydrogen (secondary N) is 2. The van der Waals surface area contributed by atoms with Crippen molar-refractivity contribution in [3.8, 4) is 0 Å². The number of H-pyrrole nitrogens is 1. The number of amides is 1. The van der Waals surface area contributed by atoms with Crippen LogP contribution in [0, 0.1) is 12.8 Å². The van der Waals surface area contributed by atoms with Gasteiger partial charge in [-0.15, -0.1) is 0 Å². The maximum Gasteiger partial charge on any atom is 0.272 e. The summed E-state index contributed by atoms with van der Waals surface area (Å²) in [7, 11) is 0. The molecule has 0 bridgehead atoms. The SMILES string of the molecule is Cc1ccc2occ(CN3CCCC(CNC(=O)c4n[nH]c5ccccc45)C3)c(=O)c2c1. The van der Waals surface area contributed by atoms with Gasteiger partial charge in [-0.1, -0.05) is 29.8 Å². The third-order valence-electron chi connectivity index (χ3n) is 6.23. The lowest BCUT2D eigenvalue weighted by atomic mass is 9.97. The number of piperidine rings is 1. The number of aromatic nitrogens is 2. The molecule has 1 aliphatic rings. The molecule has 3 heterocycles. The van der Waals surface area contributed by atoms with Gasteiger partial charge in [-0.05, 0) is 50.4 Å². The van der Waals surface area contributed by atoms with Crippen LogP contribution in [0.5, 0.6) is 0 Å². The number of aromatic amines is 1. The summed E-state index contributed by atoms with van der Waals surface area (Å²) in [6.45, 7) is 4.87. The van der Waals surface area contributed by atoms with E-state index in [4.69, 9.17) is 4.42 Å². The summed E-state index contributed by atoms with van der Waals surface area (Å²) in [6, 6.07) is 13.3. The minimum absolute atomic E-state index is 0.0378. The molecule has 7 nitrogen and oxygen atoms in total. The molecule has 32 heavy (non-hydrogen) atoms. The summed E-state index contributed by atoms with van der Waals surface area (Å²) in [5.74, 6) is 0.165. The molecule has 1 unspecified atom stereocenters. The first-order chi connectivity index (χ1) is 15.6. The number of hydrogen-bond acceptors (Lipinski definition) is 5. The molecule has 0 aliphatic carbocycles. The van der Waals surface area contributed by atoms with E-state index in [1.807, 2.05) is 49.4 Å². The molecule has 2 aromatic heterocycles. The van der Waals surface area contributed by atoms with E-state index in [0.29, 0.717) is 41.2 Å². The Morgan fingerprint density at radius 2 is 2.12 bits per heavy atom. The molecule has 1 saturated heterocycles. The van der Waals surface area contributed by atoms with Gasteiger partial charge in [0.1, 0.15) is 5.58 Å². The summed E-state index contributed by atoms with van der Waals surface area (Å²) in [5, 5.41) is 11.6. The molecule has 5 rings (SSSR count). The number of rotatable bonds is 5. The highest BCUT2D eigenvalue weighted by atomic mass is 16.3. The molecule has 0 radical (unpaired) electrons. The van der Waals surface area contributed by atoms with Gasteiger partial charge < -0.3 is 9.73 Å². The van der Waals surface area contributed by atoms with E-state index in [-0.39, 0.29) is 11.3 Å². The van der Waals surface area contributed by atoms with Crippen LogP contribution < -0.4 is 10.7 Å². The Morgan fingerprint density at radius 1 is 1.25 bits per heavy atom. The molecule has 2 aromatic carbocycles. The van der Waals surface area contributed by atoms with Crippen molar-refractivity contribution in [1.29, 1.82) is 0 Å². The number of fused-ring (bicyclic) bond motifs is 2. The van der Waals surface area contributed by atoms with Crippen LogP contribution in [0.15, 0.2) is 57.9 Å². The molecule has 0 saturated carbocycles. The molecule has 164 valence electrons. The van der Waals surface area contributed by atoms with Crippen LogP contribution in [0.1, 0.15) is 34.5 Å². The summed E-state index contributed by atoms with van der Waals surface area (Å²) in [6.07, 6.45) is 3.67. The van der Waals surface area contributed by atoms with Crippen molar-refractivity contribution >= 4 is 27.8 Å².